The Morgan fingerprint density at radius 2 is 2.11 bits per heavy atom. The third kappa shape index (κ3) is 2.62. The van der Waals surface area contributed by atoms with Gasteiger partial charge in [0, 0.05) is 11.1 Å². The van der Waals surface area contributed by atoms with E-state index in [1.165, 1.54) is 6.20 Å². The monoisotopic (exact) mass is 259 g/mol. The lowest BCUT2D eigenvalue weighted by Crippen LogP contribution is -2.14. The van der Waals surface area contributed by atoms with Crippen LogP contribution < -0.4 is 11.1 Å². The number of benzene rings is 1. The summed E-state index contributed by atoms with van der Waals surface area (Å²) < 4.78 is 0. The third-order valence-electron chi connectivity index (χ3n) is 2.45. The molecule has 18 heavy (non-hydrogen) atoms. The Hall–Kier alpha value is -2.01. The van der Waals surface area contributed by atoms with Crippen molar-refractivity contribution >= 4 is 29.0 Å². The summed E-state index contributed by atoms with van der Waals surface area (Å²) in [7, 11) is 0. The largest absolute Gasteiger partial charge is 0.397 e. The van der Waals surface area contributed by atoms with E-state index in [9.17, 15) is 4.79 Å². The number of aromatic nitrogens is 1. The van der Waals surface area contributed by atoms with Crippen molar-refractivity contribution < 1.29 is 4.79 Å². The fourth-order valence-electron chi connectivity index (χ4n) is 1.55. The number of nitrogens with two attached hydrogens (primary N) is 1. The van der Waals surface area contributed by atoms with Crippen LogP contribution in [0.4, 0.5) is 11.4 Å². The molecule has 0 atom stereocenters. The van der Waals surface area contributed by atoms with Crippen LogP contribution >= 0.6 is 11.8 Å². The maximum absolute atomic E-state index is 12.1. The summed E-state index contributed by atoms with van der Waals surface area (Å²) in [5.41, 5.74) is 7.30. The first-order chi connectivity index (χ1) is 8.72. The number of pyridine rings is 1. The lowest BCUT2D eigenvalue weighted by molar-refractivity contribution is 0.102. The molecule has 92 valence electrons. The average molecular weight is 259 g/mol. The molecule has 0 aliphatic rings. The zero-order valence-corrected chi connectivity index (χ0v) is 10.7. The fraction of sp³-hybridized carbons (Fsp3) is 0.0769. The minimum atomic E-state index is -0.226. The second-order valence-corrected chi connectivity index (χ2v) is 4.47. The molecule has 0 saturated heterocycles. The van der Waals surface area contributed by atoms with Crippen molar-refractivity contribution in [3.63, 3.8) is 0 Å². The summed E-state index contributed by atoms with van der Waals surface area (Å²) >= 11 is 1.58. The Balaban J connectivity index is 2.24. The maximum atomic E-state index is 12.1. The predicted octanol–water partition coefficient (Wildman–Crippen LogP) is 2.64. The first kappa shape index (κ1) is 12.4. The Labute approximate surface area is 110 Å². The number of nitrogen functional groups attached to an aromatic ring is 1. The summed E-state index contributed by atoms with van der Waals surface area (Å²) in [4.78, 5) is 16.9. The van der Waals surface area contributed by atoms with Crippen molar-refractivity contribution in [2.45, 2.75) is 4.90 Å². The molecule has 0 aliphatic carbocycles. The van der Waals surface area contributed by atoms with E-state index in [0.29, 0.717) is 11.3 Å². The van der Waals surface area contributed by atoms with Gasteiger partial charge in [-0.25, -0.2) is 0 Å². The van der Waals surface area contributed by atoms with Crippen molar-refractivity contribution in [2.75, 3.05) is 17.3 Å². The van der Waals surface area contributed by atoms with Gasteiger partial charge in [-0.15, -0.1) is 11.8 Å². The molecule has 0 aliphatic heterocycles. The number of amides is 1. The fourth-order valence-corrected chi connectivity index (χ4v) is 2.10. The van der Waals surface area contributed by atoms with E-state index in [1.807, 2.05) is 30.5 Å². The molecule has 1 heterocycles. The Morgan fingerprint density at radius 1 is 1.33 bits per heavy atom. The van der Waals surface area contributed by atoms with Crippen molar-refractivity contribution in [3.05, 3.63) is 48.3 Å². The van der Waals surface area contributed by atoms with Gasteiger partial charge in [0.15, 0.2) is 0 Å². The molecular weight excluding hydrogens is 246 g/mol. The molecular formula is C13H13N3OS. The molecule has 0 bridgehead atoms. The molecule has 0 unspecified atom stereocenters. The number of hydrogen-bond donors (Lipinski definition) is 2. The van der Waals surface area contributed by atoms with Gasteiger partial charge < -0.3 is 11.1 Å². The first-order valence-corrected chi connectivity index (χ1v) is 6.58. The van der Waals surface area contributed by atoms with Crippen LogP contribution in [0, 0.1) is 0 Å². The number of nitrogens with one attached hydrogen (secondary N) is 1. The van der Waals surface area contributed by atoms with E-state index < -0.39 is 0 Å². The number of carbonyl (C=O) groups is 1. The summed E-state index contributed by atoms with van der Waals surface area (Å²) in [6.45, 7) is 0. The number of nitrogens with zero attached hydrogens (tertiary/aromatic N) is 1. The molecule has 0 saturated carbocycles. The molecule has 2 rings (SSSR count). The molecule has 4 nitrogen and oxygen atoms in total. The molecule has 1 amide bonds. The second kappa shape index (κ2) is 5.55. The summed E-state index contributed by atoms with van der Waals surface area (Å²) in [5, 5.41) is 2.85. The number of hydrogen-bond acceptors (Lipinski definition) is 4. The van der Waals surface area contributed by atoms with Gasteiger partial charge in [0.05, 0.1) is 23.1 Å². The lowest BCUT2D eigenvalue weighted by atomic mass is 10.2. The normalized spacial score (nSPS) is 10.1. The highest BCUT2D eigenvalue weighted by atomic mass is 32.2. The number of rotatable bonds is 3. The zero-order valence-electron chi connectivity index (χ0n) is 9.88. The lowest BCUT2D eigenvalue weighted by Gasteiger charge is -2.10. The van der Waals surface area contributed by atoms with Gasteiger partial charge in [0.2, 0.25) is 0 Å². The number of thioether (sulfide) groups is 1. The highest BCUT2D eigenvalue weighted by Crippen LogP contribution is 2.25. The summed E-state index contributed by atoms with van der Waals surface area (Å²) in [6, 6.07) is 9.23. The zero-order chi connectivity index (χ0) is 13.0. The van der Waals surface area contributed by atoms with Crippen LogP contribution in [-0.4, -0.2) is 17.1 Å². The van der Waals surface area contributed by atoms with Crippen LogP contribution in [0.1, 0.15) is 10.4 Å². The number of anilines is 2. The van der Waals surface area contributed by atoms with Crippen LogP contribution in [0.5, 0.6) is 0 Å². The van der Waals surface area contributed by atoms with Gasteiger partial charge in [0.1, 0.15) is 0 Å². The smallest absolute Gasteiger partial charge is 0.257 e. The number of para-hydroxylation sites is 1. The predicted molar refractivity (Wildman–Crippen MR) is 74.8 cm³/mol. The van der Waals surface area contributed by atoms with Crippen LogP contribution in [0.25, 0.3) is 0 Å². The topological polar surface area (TPSA) is 68.0 Å². The van der Waals surface area contributed by atoms with Crippen LogP contribution in [0.15, 0.2) is 47.6 Å². The van der Waals surface area contributed by atoms with E-state index in [4.69, 9.17) is 5.73 Å². The highest BCUT2D eigenvalue weighted by molar-refractivity contribution is 7.98. The molecule has 5 heteroatoms. The van der Waals surface area contributed by atoms with Gasteiger partial charge in [0.25, 0.3) is 5.91 Å². The molecule has 0 spiro atoms. The van der Waals surface area contributed by atoms with Gasteiger partial charge in [-0.1, -0.05) is 12.1 Å². The van der Waals surface area contributed by atoms with E-state index in [0.717, 1.165) is 10.6 Å². The first-order valence-electron chi connectivity index (χ1n) is 5.36. The van der Waals surface area contributed by atoms with Crippen LogP contribution in [0.3, 0.4) is 0 Å². The third-order valence-corrected chi connectivity index (χ3v) is 3.25. The SMILES string of the molecule is CSc1ccccc1NC(=O)c1ccncc1N. The van der Waals surface area contributed by atoms with Gasteiger partial charge in [-0.3, -0.25) is 9.78 Å². The maximum Gasteiger partial charge on any atom is 0.257 e. The number of carbonyl (C=O) groups excluding carboxylic acids is 1. The second-order valence-electron chi connectivity index (χ2n) is 3.62. The van der Waals surface area contributed by atoms with Crippen molar-refractivity contribution in [2.24, 2.45) is 0 Å². The van der Waals surface area contributed by atoms with Crippen LogP contribution in [0.2, 0.25) is 0 Å². The standard InChI is InChI=1S/C13H13N3OS/c1-18-12-5-3-2-4-11(12)16-13(17)9-6-7-15-8-10(9)14/h2-8H,14H2,1H3,(H,16,17). The van der Waals surface area contributed by atoms with Gasteiger partial charge >= 0.3 is 0 Å². The van der Waals surface area contributed by atoms with Crippen LogP contribution in [-0.2, 0) is 0 Å². The Kier molecular flexibility index (Phi) is 3.84. The highest BCUT2D eigenvalue weighted by Gasteiger charge is 2.11. The van der Waals surface area contributed by atoms with E-state index in [-0.39, 0.29) is 5.91 Å². The Morgan fingerprint density at radius 3 is 2.83 bits per heavy atom. The van der Waals surface area contributed by atoms with Crippen molar-refractivity contribution in [1.82, 2.24) is 4.98 Å². The molecule has 1 aromatic heterocycles. The van der Waals surface area contributed by atoms with Crippen molar-refractivity contribution in [3.8, 4) is 0 Å². The Bertz CT molecular complexity index is 572. The minimum Gasteiger partial charge on any atom is -0.397 e. The molecule has 1 aromatic carbocycles. The van der Waals surface area contributed by atoms with Gasteiger partial charge in [-0.05, 0) is 24.5 Å². The summed E-state index contributed by atoms with van der Waals surface area (Å²) in [6.07, 6.45) is 4.98. The van der Waals surface area contributed by atoms with Crippen molar-refractivity contribution in [1.29, 1.82) is 0 Å². The minimum absolute atomic E-state index is 0.226. The molecule has 0 radical (unpaired) electrons. The van der Waals surface area contributed by atoms with Gasteiger partial charge in [-0.2, -0.15) is 0 Å². The van der Waals surface area contributed by atoms with E-state index in [1.54, 1.807) is 24.0 Å². The molecule has 3 N–H and O–H groups in total. The summed E-state index contributed by atoms with van der Waals surface area (Å²) in [5.74, 6) is -0.226. The van der Waals surface area contributed by atoms with E-state index in [2.05, 4.69) is 10.3 Å². The quantitative estimate of drug-likeness (QED) is 0.831. The average Bonchev–Trinajstić information content (AvgIpc) is 2.39. The van der Waals surface area contributed by atoms with E-state index >= 15 is 0 Å². The molecule has 0 fully saturated rings. The molecule has 2 aromatic rings.